The van der Waals surface area contributed by atoms with Gasteiger partial charge in [0, 0.05) is 17.8 Å². The Labute approximate surface area is 131 Å². The molecule has 1 aliphatic carbocycles. The number of hydrogen-bond donors (Lipinski definition) is 2. The maximum Gasteiger partial charge on any atom is 0.216 e. The van der Waals surface area contributed by atoms with Gasteiger partial charge in [-0.1, -0.05) is 37.6 Å². The second-order valence-electron chi connectivity index (χ2n) is 5.43. The minimum atomic E-state index is -3.30. The van der Waals surface area contributed by atoms with Crippen molar-refractivity contribution in [2.24, 2.45) is 5.73 Å². The van der Waals surface area contributed by atoms with Crippen molar-refractivity contribution in [1.29, 1.82) is 0 Å². The number of nitrogens with two attached hydrogens (primary N) is 1. The van der Waals surface area contributed by atoms with Crippen molar-refractivity contribution in [2.75, 3.05) is 5.75 Å². The fourth-order valence-corrected chi connectivity index (χ4v) is 5.54. The van der Waals surface area contributed by atoms with Gasteiger partial charge in [-0.15, -0.1) is 0 Å². The summed E-state index contributed by atoms with van der Waals surface area (Å²) in [4.78, 5) is 0. The minimum absolute atomic E-state index is 0.0286. The molecular weight excluding hydrogens is 304 g/mol. The molecule has 2 rings (SSSR count). The van der Waals surface area contributed by atoms with Crippen LogP contribution in [-0.4, -0.2) is 25.5 Å². The Balaban J connectivity index is 2.01. The van der Waals surface area contributed by atoms with Gasteiger partial charge in [-0.05, 0) is 29.7 Å². The molecule has 6 heteroatoms. The van der Waals surface area contributed by atoms with Crippen LogP contribution in [0.3, 0.4) is 0 Å². The van der Waals surface area contributed by atoms with Gasteiger partial charge in [-0.3, -0.25) is 0 Å². The van der Waals surface area contributed by atoms with E-state index in [0.717, 1.165) is 36.1 Å². The SMILES string of the molecule is CCSC1CCCC1NS(=O)(=O)Cc1cccc(CN)c1. The topological polar surface area (TPSA) is 72.2 Å². The van der Waals surface area contributed by atoms with Gasteiger partial charge >= 0.3 is 0 Å². The molecule has 1 saturated carbocycles. The Morgan fingerprint density at radius 1 is 1.33 bits per heavy atom. The first-order chi connectivity index (χ1) is 10.0. The second-order valence-corrected chi connectivity index (χ2v) is 8.70. The van der Waals surface area contributed by atoms with Gasteiger partial charge in [-0.25, -0.2) is 13.1 Å². The summed E-state index contributed by atoms with van der Waals surface area (Å²) in [6, 6.07) is 7.56. The highest BCUT2D eigenvalue weighted by Crippen LogP contribution is 2.30. The van der Waals surface area contributed by atoms with Gasteiger partial charge in [0.05, 0.1) is 5.75 Å². The molecule has 0 heterocycles. The molecule has 4 nitrogen and oxygen atoms in total. The fourth-order valence-electron chi connectivity index (χ4n) is 2.81. The van der Waals surface area contributed by atoms with Crippen LogP contribution in [0, 0.1) is 0 Å². The highest BCUT2D eigenvalue weighted by Gasteiger charge is 2.30. The third-order valence-electron chi connectivity index (χ3n) is 3.75. The van der Waals surface area contributed by atoms with E-state index < -0.39 is 10.0 Å². The second kappa shape index (κ2) is 7.63. The summed E-state index contributed by atoms with van der Waals surface area (Å²) in [6.45, 7) is 2.55. The Hall–Kier alpha value is -0.560. The van der Waals surface area contributed by atoms with E-state index >= 15 is 0 Å². The molecule has 0 bridgehead atoms. The third kappa shape index (κ3) is 4.98. The molecule has 0 aliphatic heterocycles. The van der Waals surface area contributed by atoms with Crippen LogP contribution in [0.1, 0.15) is 37.3 Å². The quantitative estimate of drug-likeness (QED) is 0.805. The summed E-state index contributed by atoms with van der Waals surface area (Å²) in [5, 5.41) is 0.417. The molecular formula is C15H24N2O2S2. The van der Waals surface area contributed by atoms with Crippen LogP contribution in [0.5, 0.6) is 0 Å². The molecule has 0 aromatic heterocycles. The van der Waals surface area contributed by atoms with Crippen molar-refractivity contribution in [2.45, 2.75) is 49.8 Å². The van der Waals surface area contributed by atoms with E-state index in [1.165, 1.54) is 0 Å². The minimum Gasteiger partial charge on any atom is -0.326 e. The van der Waals surface area contributed by atoms with E-state index in [1.807, 2.05) is 36.0 Å². The zero-order valence-electron chi connectivity index (χ0n) is 12.4. The number of rotatable bonds is 7. The van der Waals surface area contributed by atoms with Crippen molar-refractivity contribution in [3.05, 3.63) is 35.4 Å². The molecule has 2 atom stereocenters. The predicted octanol–water partition coefficient (Wildman–Crippen LogP) is 2.24. The predicted molar refractivity (Wildman–Crippen MR) is 89.7 cm³/mol. The van der Waals surface area contributed by atoms with E-state index in [-0.39, 0.29) is 11.8 Å². The van der Waals surface area contributed by atoms with Gasteiger partial charge in [0.15, 0.2) is 0 Å². The number of benzene rings is 1. The van der Waals surface area contributed by atoms with E-state index in [9.17, 15) is 8.42 Å². The Morgan fingerprint density at radius 3 is 2.81 bits per heavy atom. The molecule has 1 aromatic carbocycles. The van der Waals surface area contributed by atoms with Crippen LogP contribution in [0.25, 0.3) is 0 Å². The van der Waals surface area contributed by atoms with Crippen LogP contribution in [-0.2, 0) is 22.3 Å². The zero-order valence-corrected chi connectivity index (χ0v) is 14.1. The summed E-state index contributed by atoms with van der Waals surface area (Å²) in [5.41, 5.74) is 7.35. The molecule has 1 fully saturated rings. The third-order valence-corrected chi connectivity index (χ3v) is 6.45. The normalized spacial score (nSPS) is 22.6. The number of thioether (sulfide) groups is 1. The highest BCUT2D eigenvalue weighted by molar-refractivity contribution is 8.00. The van der Waals surface area contributed by atoms with Crippen LogP contribution in [0.4, 0.5) is 0 Å². The number of hydrogen-bond acceptors (Lipinski definition) is 4. The lowest BCUT2D eigenvalue weighted by molar-refractivity contribution is 0.554. The first kappa shape index (κ1) is 16.8. The monoisotopic (exact) mass is 328 g/mol. The van der Waals surface area contributed by atoms with Crippen LogP contribution < -0.4 is 10.5 Å². The van der Waals surface area contributed by atoms with Gasteiger partial charge in [0.2, 0.25) is 10.0 Å². The maximum atomic E-state index is 12.4. The summed E-state index contributed by atoms with van der Waals surface area (Å²) in [5.74, 6) is 1.06. The van der Waals surface area contributed by atoms with E-state index in [1.54, 1.807) is 0 Å². The molecule has 1 aliphatic rings. The molecule has 2 unspecified atom stereocenters. The Morgan fingerprint density at radius 2 is 2.10 bits per heavy atom. The van der Waals surface area contributed by atoms with Crippen LogP contribution in [0.2, 0.25) is 0 Å². The largest absolute Gasteiger partial charge is 0.326 e. The lowest BCUT2D eigenvalue weighted by Crippen LogP contribution is -2.39. The van der Waals surface area contributed by atoms with E-state index in [0.29, 0.717) is 11.8 Å². The Bertz CT molecular complexity index is 561. The van der Waals surface area contributed by atoms with Crippen molar-refractivity contribution in [1.82, 2.24) is 4.72 Å². The molecule has 0 radical (unpaired) electrons. The van der Waals surface area contributed by atoms with Crippen molar-refractivity contribution in [3.8, 4) is 0 Å². The molecule has 0 spiro atoms. The number of sulfonamides is 1. The van der Waals surface area contributed by atoms with Gasteiger partial charge in [-0.2, -0.15) is 11.8 Å². The zero-order chi connectivity index (χ0) is 15.3. The summed E-state index contributed by atoms with van der Waals surface area (Å²) in [7, 11) is -3.30. The van der Waals surface area contributed by atoms with Gasteiger partial charge in [0.1, 0.15) is 0 Å². The van der Waals surface area contributed by atoms with Gasteiger partial charge < -0.3 is 5.73 Å². The van der Waals surface area contributed by atoms with E-state index in [2.05, 4.69) is 11.6 Å². The average Bonchev–Trinajstić information content (AvgIpc) is 2.85. The first-order valence-electron chi connectivity index (χ1n) is 7.43. The molecule has 21 heavy (non-hydrogen) atoms. The van der Waals surface area contributed by atoms with E-state index in [4.69, 9.17) is 5.73 Å². The maximum absolute atomic E-state index is 12.4. The molecule has 118 valence electrons. The summed E-state index contributed by atoms with van der Waals surface area (Å²) in [6.07, 6.45) is 3.15. The summed E-state index contributed by atoms with van der Waals surface area (Å²) >= 11 is 1.86. The standard InChI is InChI=1S/C15H24N2O2S2/c1-2-20-15-8-4-7-14(15)17-21(18,19)11-13-6-3-5-12(9-13)10-16/h3,5-6,9,14-15,17H,2,4,7-8,10-11,16H2,1H3. The Kier molecular flexibility index (Phi) is 6.10. The fraction of sp³-hybridized carbons (Fsp3) is 0.600. The van der Waals surface area contributed by atoms with Crippen LogP contribution in [0.15, 0.2) is 24.3 Å². The highest BCUT2D eigenvalue weighted by atomic mass is 32.2. The molecule has 3 N–H and O–H groups in total. The van der Waals surface area contributed by atoms with Crippen molar-refractivity contribution < 1.29 is 8.42 Å². The van der Waals surface area contributed by atoms with Crippen molar-refractivity contribution in [3.63, 3.8) is 0 Å². The lowest BCUT2D eigenvalue weighted by Gasteiger charge is -2.20. The first-order valence-corrected chi connectivity index (χ1v) is 10.1. The number of nitrogens with one attached hydrogen (secondary N) is 1. The smallest absolute Gasteiger partial charge is 0.216 e. The molecule has 1 aromatic rings. The molecule has 0 amide bonds. The van der Waals surface area contributed by atoms with Crippen molar-refractivity contribution >= 4 is 21.8 Å². The van der Waals surface area contributed by atoms with Gasteiger partial charge in [0.25, 0.3) is 0 Å². The summed E-state index contributed by atoms with van der Waals surface area (Å²) < 4.78 is 27.6. The average molecular weight is 329 g/mol. The lowest BCUT2D eigenvalue weighted by atomic mass is 10.1. The molecule has 0 saturated heterocycles. The van der Waals surface area contributed by atoms with Crippen LogP contribution >= 0.6 is 11.8 Å².